The van der Waals surface area contributed by atoms with Gasteiger partial charge in [-0.1, -0.05) is 71.1 Å². The fraction of sp³-hybridized carbons (Fsp3) is 0.735. The number of esters is 1. The maximum Gasteiger partial charge on any atom is 0.329 e. The number of methoxy groups -OCH3 is 4. The molecule has 20 nitrogen and oxygen atoms in total. The minimum atomic E-state index is -2.43. The summed E-state index contributed by atoms with van der Waals surface area (Å²) in [5.41, 5.74) is 2.34. The number of aryl methyl sites for hydroxylation is 1. The molecule has 2 N–H and O–H groups in total. The largest absolute Gasteiger partial charge is 0.481 e. The lowest BCUT2D eigenvalue weighted by Crippen LogP contribution is -2.61. The predicted octanol–water partition coefficient (Wildman–Crippen LogP) is 8.48. The van der Waals surface area contributed by atoms with Crippen LogP contribution in [0.1, 0.15) is 151 Å². The summed E-state index contributed by atoms with van der Waals surface area (Å²) in [5, 5.41) is 24.4. The number of piperidine rings is 1. The van der Waals surface area contributed by atoms with E-state index in [1.165, 1.54) is 12.0 Å². The monoisotopic (exact) mass is 1260 g/mol. The van der Waals surface area contributed by atoms with E-state index in [9.17, 15) is 34.2 Å². The molecule has 498 valence electrons. The number of ketones is 2. The Bertz CT molecular complexity index is 2590. The standard InChI is InChI=1S/C68H105N5O15S/c1-13-85-34-28-59(74)71-30-32-72(33-31-71)67-69-41-51(42-70-67)24-27-60(89)86-54-26-23-50(38-58(54)83-11)37-46(5)57-40-56(82-10)45(4)36-48(7)62(76)63(84-12)61(75)47(6)35-43(2)19-15-14-16-20-44(3)55(81-9)39-52-25-22-49(8)68(80,88-52)64(77)65(78)73-29-18-17-21-53(73)66(79)87-57/h14-16,19-20,36,41-43,45-47,49-50,52-58,62-63,76,80H,13,17-18,21-35,37-40H2,1-12H3/b16-14+,19-15+,44-20+,48-36+/t43-,45-,46-,47-,49-,50+,52+,53+,54-,55+,56-,57+,58-,62-,63+,68-/m1/s1. The van der Waals surface area contributed by atoms with Crippen LogP contribution in [-0.2, 0) is 68.3 Å². The second kappa shape index (κ2) is 35.8. The molecule has 6 rings (SSSR count). The van der Waals surface area contributed by atoms with Crippen LogP contribution in [0.25, 0.3) is 0 Å². The number of thiocarbonyl (C=S) groups is 1. The van der Waals surface area contributed by atoms with E-state index in [0.29, 0.717) is 133 Å². The van der Waals surface area contributed by atoms with Gasteiger partial charge in [-0.2, -0.15) is 0 Å². The van der Waals surface area contributed by atoms with E-state index in [1.54, 1.807) is 35.2 Å². The number of carbonyl (C=O) groups excluding carboxylic acids is 5. The SMILES string of the molecule is CCOCCC(=O)N1CCN(c2ncc(CCC(=S)O[C@@H]3CC[C@@H](C[C@@H](C)[C@@H]4C[C@@H](OC)[C@H](C)/C=C(\C)[C@@H](O)[C@@H](OC)C(=O)[C@H](C)C[C@H](C)/C=C/C=C/C=C(\C)[C@@H](OC)C[C@@H]5CC[C@@H](C)[C@@](O)(O5)C(=O)C(=O)N5CCCC[C@H]5C(=O)O4)C[C@H]3OC)cn2)CC1. The second-order valence-corrected chi connectivity index (χ2v) is 26.1. The predicted molar refractivity (Wildman–Crippen MR) is 343 cm³/mol. The van der Waals surface area contributed by atoms with E-state index in [1.807, 2.05) is 95.3 Å². The summed E-state index contributed by atoms with van der Waals surface area (Å²) in [6, 6.07) is -1.11. The molecule has 0 spiro atoms. The minimum Gasteiger partial charge on any atom is -0.481 e. The van der Waals surface area contributed by atoms with E-state index < -0.39 is 77.9 Å². The van der Waals surface area contributed by atoms with Crippen LogP contribution < -0.4 is 4.90 Å². The summed E-state index contributed by atoms with van der Waals surface area (Å²) in [6.45, 7) is 18.8. The van der Waals surface area contributed by atoms with Gasteiger partial charge in [0.05, 0.1) is 37.4 Å². The molecule has 21 heteroatoms. The van der Waals surface area contributed by atoms with Crippen LogP contribution in [0.3, 0.4) is 0 Å². The third kappa shape index (κ3) is 20.6. The molecule has 0 aromatic carbocycles. The molecule has 0 unspecified atom stereocenters. The van der Waals surface area contributed by atoms with Gasteiger partial charge in [0.2, 0.25) is 17.6 Å². The van der Waals surface area contributed by atoms with Crippen molar-refractivity contribution in [3.63, 3.8) is 0 Å². The second-order valence-electron chi connectivity index (χ2n) is 25.7. The first kappa shape index (κ1) is 73.2. The summed E-state index contributed by atoms with van der Waals surface area (Å²) < 4.78 is 48.6. The van der Waals surface area contributed by atoms with E-state index in [4.69, 9.17) is 50.1 Å². The normalized spacial score (nSPS) is 34.5. The molecular weight excluding hydrogens is 1160 g/mol. The molecule has 1 aromatic rings. The quantitative estimate of drug-likeness (QED) is 0.0519. The number of piperazine rings is 1. The number of ether oxygens (including phenoxy) is 8. The lowest BCUT2D eigenvalue weighted by molar-refractivity contribution is -0.265. The van der Waals surface area contributed by atoms with Gasteiger partial charge in [-0.15, -0.1) is 0 Å². The van der Waals surface area contributed by atoms with Crippen molar-refractivity contribution >= 4 is 52.6 Å². The van der Waals surface area contributed by atoms with Gasteiger partial charge in [0.1, 0.15) is 30.5 Å². The summed E-state index contributed by atoms with van der Waals surface area (Å²) in [7, 11) is 6.29. The van der Waals surface area contributed by atoms with Gasteiger partial charge in [0.25, 0.3) is 11.7 Å². The Morgan fingerprint density at radius 3 is 2.20 bits per heavy atom. The number of nitrogens with zero attached hydrogens (tertiary/aromatic N) is 5. The fourth-order valence-corrected chi connectivity index (χ4v) is 13.6. The summed E-state index contributed by atoms with van der Waals surface area (Å²) in [6.07, 6.45) is 17.6. The number of aromatic nitrogens is 2. The number of rotatable bonds is 16. The number of allylic oxidation sites excluding steroid dienone is 5. The first-order chi connectivity index (χ1) is 42.5. The third-order valence-electron chi connectivity index (χ3n) is 19.1. The molecule has 3 saturated heterocycles. The van der Waals surface area contributed by atoms with Crippen molar-refractivity contribution in [2.45, 2.75) is 212 Å². The van der Waals surface area contributed by atoms with Crippen LogP contribution in [0.2, 0.25) is 0 Å². The van der Waals surface area contributed by atoms with Crippen LogP contribution in [0.5, 0.6) is 0 Å². The first-order valence-corrected chi connectivity index (χ1v) is 33.1. The lowest BCUT2D eigenvalue weighted by Gasteiger charge is -2.43. The Morgan fingerprint density at radius 1 is 0.809 bits per heavy atom. The van der Waals surface area contributed by atoms with Crippen LogP contribution >= 0.6 is 12.2 Å². The Morgan fingerprint density at radius 2 is 1.53 bits per heavy atom. The molecule has 1 aliphatic carbocycles. The van der Waals surface area contributed by atoms with Crippen molar-refractivity contribution in [2.75, 3.05) is 79.3 Å². The zero-order chi connectivity index (χ0) is 65.0. The molecular formula is C68H105N5O15S. The Balaban J connectivity index is 1.17. The highest BCUT2D eigenvalue weighted by Gasteiger charge is 2.53. The van der Waals surface area contributed by atoms with Crippen molar-refractivity contribution in [2.24, 2.45) is 35.5 Å². The summed E-state index contributed by atoms with van der Waals surface area (Å²) in [4.78, 5) is 85.0. The van der Waals surface area contributed by atoms with E-state index in [-0.39, 0.29) is 67.0 Å². The van der Waals surface area contributed by atoms with Crippen LogP contribution in [0.15, 0.2) is 60.0 Å². The van der Waals surface area contributed by atoms with Gasteiger partial charge >= 0.3 is 5.97 Å². The molecule has 5 aliphatic rings. The van der Waals surface area contributed by atoms with Gasteiger partial charge in [-0.25, -0.2) is 14.8 Å². The zero-order valence-corrected chi connectivity index (χ0v) is 56.0. The smallest absolute Gasteiger partial charge is 0.329 e. The maximum absolute atomic E-state index is 14.9. The van der Waals surface area contributed by atoms with Crippen LogP contribution in [0.4, 0.5) is 5.95 Å². The number of carbonyl (C=O) groups is 5. The van der Waals surface area contributed by atoms with Crippen molar-refractivity contribution < 1.29 is 72.1 Å². The number of hydrogen-bond donors (Lipinski definition) is 2. The molecule has 4 fully saturated rings. The molecule has 5 heterocycles. The highest BCUT2D eigenvalue weighted by Crippen LogP contribution is 2.39. The first-order valence-electron chi connectivity index (χ1n) is 32.7. The van der Waals surface area contributed by atoms with E-state index in [0.717, 1.165) is 17.6 Å². The number of amides is 2. The third-order valence-corrected chi connectivity index (χ3v) is 19.4. The van der Waals surface area contributed by atoms with Gasteiger partial charge in [0, 0.05) is 117 Å². The molecule has 2 bridgehead atoms. The van der Waals surface area contributed by atoms with Gasteiger partial charge in [0.15, 0.2) is 10.8 Å². The maximum atomic E-state index is 14.9. The van der Waals surface area contributed by atoms with Gasteiger partial charge in [-0.05, 0) is 138 Å². The summed E-state index contributed by atoms with van der Waals surface area (Å²) >= 11 is 5.81. The van der Waals surface area contributed by atoms with Gasteiger partial charge in [-0.3, -0.25) is 19.2 Å². The fourth-order valence-electron chi connectivity index (χ4n) is 13.4. The van der Waals surface area contributed by atoms with Crippen molar-refractivity contribution in [1.82, 2.24) is 19.8 Å². The Kier molecular flexibility index (Phi) is 29.5. The molecule has 16 atom stereocenters. The van der Waals surface area contributed by atoms with E-state index in [2.05, 4.69) is 14.9 Å². The highest BCUT2D eigenvalue weighted by molar-refractivity contribution is 7.80. The number of fused-ring (bicyclic) bond motifs is 3. The average molecular weight is 1260 g/mol. The molecule has 1 aromatic heterocycles. The van der Waals surface area contributed by atoms with Crippen molar-refractivity contribution in [3.05, 3.63) is 65.6 Å². The van der Waals surface area contributed by atoms with Crippen LogP contribution in [-0.4, -0.2) is 199 Å². The zero-order valence-electron chi connectivity index (χ0n) is 55.2. The Hall–Kier alpha value is -4.84. The van der Waals surface area contributed by atoms with Gasteiger partial charge < -0.3 is 62.8 Å². The minimum absolute atomic E-state index is 0.0270. The Labute approximate surface area is 534 Å². The number of aliphatic hydroxyl groups excluding tert-OH is 1. The van der Waals surface area contributed by atoms with Crippen molar-refractivity contribution in [3.8, 4) is 0 Å². The van der Waals surface area contributed by atoms with Crippen molar-refractivity contribution in [1.29, 1.82) is 0 Å². The number of Topliss-reactive ketones (excluding diaryl/α,β-unsaturated/α-hetero) is 2. The molecule has 1 saturated carbocycles. The molecule has 4 aliphatic heterocycles. The number of cyclic esters (lactones) is 1. The number of aliphatic hydroxyl groups is 2. The topological polar surface area (TPSA) is 235 Å². The number of anilines is 1. The number of hydrogen-bond acceptors (Lipinski definition) is 19. The van der Waals surface area contributed by atoms with Crippen LogP contribution in [0, 0.1) is 35.5 Å². The molecule has 89 heavy (non-hydrogen) atoms. The molecule has 2 amide bonds. The summed E-state index contributed by atoms with van der Waals surface area (Å²) in [5.74, 6) is -6.24. The molecule has 0 radical (unpaired) electrons. The average Bonchev–Trinajstić information content (AvgIpc) is 2.29. The van der Waals surface area contributed by atoms with E-state index >= 15 is 0 Å². The highest BCUT2D eigenvalue weighted by atomic mass is 32.1. The lowest BCUT2D eigenvalue weighted by atomic mass is 9.78.